The van der Waals surface area contributed by atoms with Crippen molar-refractivity contribution in [2.75, 3.05) is 30.9 Å². The van der Waals surface area contributed by atoms with Crippen LogP contribution in [0, 0.1) is 0 Å². The van der Waals surface area contributed by atoms with Crippen LogP contribution in [0.25, 0.3) is 0 Å². The summed E-state index contributed by atoms with van der Waals surface area (Å²) in [4.78, 5) is 14.6. The van der Waals surface area contributed by atoms with Crippen LogP contribution in [-0.2, 0) is 6.54 Å². The molecule has 2 aromatic rings. The lowest BCUT2D eigenvalue weighted by atomic mass is 10.1. The highest BCUT2D eigenvalue weighted by Gasteiger charge is 2.18. The Bertz CT molecular complexity index is 695. The first-order chi connectivity index (χ1) is 11.6. The zero-order chi connectivity index (χ0) is 16.9. The molecule has 0 spiro atoms. The van der Waals surface area contributed by atoms with E-state index in [-0.39, 0.29) is 5.91 Å². The van der Waals surface area contributed by atoms with Crippen molar-refractivity contribution in [3.63, 3.8) is 0 Å². The van der Waals surface area contributed by atoms with E-state index in [1.54, 1.807) is 0 Å². The molecule has 0 aromatic heterocycles. The lowest BCUT2D eigenvalue weighted by Gasteiger charge is -2.15. The molecule has 1 fully saturated rings. The summed E-state index contributed by atoms with van der Waals surface area (Å²) in [6.45, 7) is 0.797. The third-order valence-electron chi connectivity index (χ3n) is 3.82. The van der Waals surface area contributed by atoms with Crippen molar-refractivity contribution in [2.45, 2.75) is 11.1 Å². The van der Waals surface area contributed by atoms with Gasteiger partial charge in [0.15, 0.2) is 0 Å². The number of thioether (sulfide) groups is 2. The maximum Gasteiger partial charge on any atom is 0.255 e. The first-order valence-electron chi connectivity index (χ1n) is 8.00. The van der Waals surface area contributed by atoms with Gasteiger partial charge in [-0.25, -0.2) is 0 Å². The molecule has 24 heavy (non-hydrogen) atoms. The van der Waals surface area contributed by atoms with Crippen molar-refractivity contribution in [3.05, 3.63) is 65.2 Å². The maximum absolute atomic E-state index is 12.5. The van der Waals surface area contributed by atoms with Gasteiger partial charge in [-0.3, -0.25) is 4.79 Å². The molecular weight excluding hydrogens is 336 g/mol. The zero-order valence-electron chi connectivity index (χ0n) is 14.0. The fourth-order valence-corrected chi connectivity index (χ4v) is 5.52. The van der Waals surface area contributed by atoms with Gasteiger partial charge in [0.1, 0.15) is 0 Å². The van der Waals surface area contributed by atoms with Gasteiger partial charge in [0.2, 0.25) is 0 Å². The van der Waals surface area contributed by atoms with E-state index in [9.17, 15) is 4.79 Å². The van der Waals surface area contributed by atoms with E-state index in [1.165, 1.54) is 17.1 Å². The first kappa shape index (κ1) is 17.4. The quantitative estimate of drug-likeness (QED) is 0.854. The fraction of sp³-hybridized carbons (Fsp3) is 0.316. The van der Waals surface area contributed by atoms with E-state index < -0.39 is 0 Å². The van der Waals surface area contributed by atoms with Crippen LogP contribution in [0.15, 0.2) is 48.5 Å². The lowest BCUT2D eigenvalue weighted by molar-refractivity contribution is 0.102. The van der Waals surface area contributed by atoms with Gasteiger partial charge in [-0.2, -0.15) is 0 Å². The Hall–Kier alpha value is -1.43. The van der Waals surface area contributed by atoms with E-state index in [0.29, 0.717) is 10.1 Å². The highest BCUT2D eigenvalue weighted by Crippen LogP contribution is 2.45. The average Bonchev–Trinajstić information content (AvgIpc) is 3.11. The van der Waals surface area contributed by atoms with Gasteiger partial charge < -0.3 is 10.2 Å². The van der Waals surface area contributed by atoms with E-state index in [2.05, 4.69) is 22.3 Å². The summed E-state index contributed by atoms with van der Waals surface area (Å²) in [5.41, 5.74) is 3.99. The molecule has 1 saturated heterocycles. The van der Waals surface area contributed by atoms with Gasteiger partial charge in [0, 0.05) is 29.3 Å². The Balaban J connectivity index is 1.71. The summed E-state index contributed by atoms with van der Waals surface area (Å²) in [6.07, 6.45) is 0. The first-order valence-corrected chi connectivity index (χ1v) is 10.1. The van der Waals surface area contributed by atoms with E-state index in [0.717, 1.165) is 17.8 Å². The summed E-state index contributed by atoms with van der Waals surface area (Å²) in [5, 5.41) is 3.05. The van der Waals surface area contributed by atoms with Crippen molar-refractivity contribution in [1.29, 1.82) is 0 Å². The van der Waals surface area contributed by atoms with Gasteiger partial charge in [-0.15, -0.1) is 23.5 Å². The standard InChI is InChI=1S/C19H22N2OS2/c1-21(2)13-16-5-3-4-6-17(16)20-18(22)14-7-9-15(10-8-14)19-23-11-12-24-19/h3-10,19H,11-13H2,1-2H3,(H,20,22). The molecule has 2 aromatic carbocycles. The number of rotatable bonds is 5. The molecule has 3 rings (SSSR count). The molecule has 3 nitrogen and oxygen atoms in total. The summed E-state index contributed by atoms with van der Waals surface area (Å²) in [7, 11) is 4.05. The van der Waals surface area contributed by atoms with Crippen LogP contribution in [0.2, 0.25) is 0 Å². The predicted octanol–water partition coefficient (Wildman–Crippen LogP) is 4.48. The van der Waals surface area contributed by atoms with Crippen molar-refractivity contribution in [2.24, 2.45) is 0 Å². The average molecular weight is 359 g/mol. The van der Waals surface area contributed by atoms with Gasteiger partial charge in [0.05, 0.1) is 4.58 Å². The summed E-state index contributed by atoms with van der Waals surface area (Å²) < 4.78 is 0.517. The molecule has 0 saturated carbocycles. The Morgan fingerprint density at radius 1 is 1.08 bits per heavy atom. The van der Waals surface area contributed by atoms with Crippen molar-refractivity contribution >= 4 is 35.1 Å². The molecule has 0 atom stereocenters. The molecule has 0 aliphatic carbocycles. The van der Waals surface area contributed by atoms with Crippen LogP contribution in [0.1, 0.15) is 26.1 Å². The molecule has 0 radical (unpaired) electrons. The second kappa shape index (κ2) is 8.10. The Morgan fingerprint density at radius 3 is 2.42 bits per heavy atom. The van der Waals surface area contributed by atoms with E-state index >= 15 is 0 Å². The molecule has 1 aliphatic rings. The van der Waals surface area contributed by atoms with Crippen molar-refractivity contribution < 1.29 is 4.79 Å². The summed E-state index contributed by atoms with van der Waals surface area (Å²) in [6, 6.07) is 16.0. The van der Waals surface area contributed by atoms with Crippen LogP contribution >= 0.6 is 23.5 Å². The smallest absolute Gasteiger partial charge is 0.255 e. The molecular formula is C19H22N2OS2. The van der Waals surface area contributed by atoms with Gasteiger partial charge in [-0.05, 0) is 43.4 Å². The minimum atomic E-state index is -0.0560. The number of benzene rings is 2. The SMILES string of the molecule is CN(C)Cc1ccccc1NC(=O)c1ccc(C2SCCS2)cc1. The summed E-state index contributed by atoms with van der Waals surface area (Å²) >= 11 is 3.96. The number of nitrogens with one attached hydrogen (secondary N) is 1. The highest BCUT2D eigenvalue weighted by atomic mass is 32.2. The van der Waals surface area contributed by atoms with Crippen molar-refractivity contribution in [3.8, 4) is 0 Å². The van der Waals surface area contributed by atoms with Gasteiger partial charge in [-0.1, -0.05) is 30.3 Å². The minimum absolute atomic E-state index is 0.0560. The largest absolute Gasteiger partial charge is 0.322 e. The number of nitrogens with zero attached hydrogens (tertiary/aromatic N) is 1. The Kier molecular flexibility index (Phi) is 5.87. The number of para-hydroxylation sites is 1. The van der Waals surface area contributed by atoms with Crippen LogP contribution < -0.4 is 5.32 Å². The Morgan fingerprint density at radius 2 is 1.75 bits per heavy atom. The van der Waals surface area contributed by atoms with Crippen LogP contribution in [0.3, 0.4) is 0 Å². The maximum atomic E-state index is 12.5. The number of hydrogen-bond donors (Lipinski definition) is 1. The molecule has 5 heteroatoms. The number of hydrogen-bond acceptors (Lipinski definition) is 4. The third-order valence-corrected chi connectivity index (χ3v) is 6.92. The van der Waals surface area contributed by atoms with Crippen LogP contribution in [-0.4, -0.2) is 36.4 Å². The number of carbonyl (C=O) groups excluding carboxylic acids is 1. The molecule has 0 unspecified atom stereocenters. The highest BCUT2D eigenvalue weighted by molar-refractivity contribution is 8.19. The molecule has 1 aliphatic heterocycles. The number of amides is 1. The lowest BCUT2D eigenvalue weighted by Crippen LogP contribution is -2.16. The molecule has 1 heterocycles. The van der Waals surface area contributed by atoms with Gasteiger partial charge in [0.25, 0.3) is 5.91 Å². The number of carbonyl (C=O) groups is 1. The number of anilines is 1. The van der Waals surface area contributed by atoms with E-state index in [1.807, 2.05) is 74.0 Å². The summed E-state index contributed by atoms with van der Waals surface area (Å²) in [5.74, 6) is 2.36. The second-order valence-corrected chi connectivity index (χ2v) is 8.77. The molecule has 1 N–H and O–H groups in total. The zero-order valence-corrected chi connectivity index (χ0v) is 15.6. The molecule has 126 valence electrons. The molecule has 0 bridgehead atoms. The predicted molar refractivity (Wildman–Crippen MR) is 106 cm³/mol. The fourth-order valence-electron chi connectivity index (χ4n) is 2.66. The van der Waals surface area contributed by atoms with Crippen LogP contribution in [0.4, 0.5) is 5.69 Å². The van der Waals surface area contributed by atoms with Crippen LogP contribution in [0.5, 0.6) is 0 Å². The molecule has 1 amide bonds. The normalized spacial score (nSPS) is 15.0. The Labute approximate surface area is 152 Å². The van der Waals surface area contributed by atoms with Gasteiger partial charge >= 0.3 is 0 Å². The monoisotopic (exact) mass is 358 g/mol. The third kappa shape index (κ3) is 4.35. The van der Waals surface area contributed by atoms with E-state index in [4.69, 9.17) is 0 Å². The second-order valence-electron chi connectivity index (χ2n) is 6.04. The van der Waals surface area contributed by atoms with Crippen molar-refractivity contribution in [1.82, 2.24) is 4.90 Å². The topological polar surface area (TPSA) is 32.3 Å². The minimum Gasteiger partial charge on any atom is -0.322 e.